The molecule has 3 aliphatic carbocycles. The van der Waals surface area contributed by atoms with Crippen LogP contribution in [0.15, 0.2) is 0 Å². The molecule has 0 aromatic carbocycles. The minimum atomic E-state index is 1.09. The molecule has 3 aliphatic rings. The van der Waals surface area contributed by atoms with Gasteiger partial charge in [-0.15, -0.1) is 0 Å². The van der Waals surface area contributed by atoms with E-state index in [1.54, 1.807) is 12.8 Å². The zero-order chi connectivity index (χ0) is 6.88. The van der Waals surface area contributed by atoms with E-state index in [0.717, 1.165) is 11.8 Å². The molecule has 6 atom stereocenters. The van der Waals surface area contributed by atoms with Crippen LogP contribution in [0.2, 0.25) is 0 Å². The fraction of sp³-hybridized carbons (Fsp3) is 1.00. The lowest BCUT2D eigenvalue weighted by Crippen LogP contribution is -2.29. The summed E-state index contributed by atoms with van der Waals surface area (Å²) in [7, 11) is 0. The molecule has 3 saturated carbocycles. The van der Waals surface area contributed by atoms with Crippen molar-refractivity contribution >= 4 is 0 Å². The lowest BCUT2D eigenvalue weighted by atomic mass is 9.72. The molecule has 10 heavy (non-hydrogen) atoms. The Hall–Kier alpha value is 0. The van der Waals surface area contributed by atoms with Crippen LogP contribution in [0.3, 0.4) is 0 Å². The fourth-order valence-corrected chi connectivity index (χ4v) is 3.41. The number of fused-ring (bicyclic) bond motifs is 1. The average molecular weight is 136 g/mol. The molecule has 0 spiro atoms. The van der Waals surface area contributed by atoms with Gasteiger partial charge in [0.05, 0.1) is 0 Å². The summed E-state index contributed by atoms with van der Waals surface area (Å²) in [5, 5.41) is 0. The third-order valence-electron chi connectivity index (χ3n) is 4.33. The second-order valence-corrected chi connectivity index (χ2v) is 4.88. The second-order valence-electron chi connectivity index (χ2n) is 4.88. The van der Waals surface area contributed by atoms with E-state index < -0.39 is 0 Å². The maximum absolute atomic E-state index is 2.48. The predicted molar refractivity (Wildman–Crippen MR) is 41.5 cm³/mol. The first-order chi connectivity index (χ1) is 4.79. The highest BCUT2D eigenvalue weighted by molar-refractivity contribution is 5.12. The summed E-state index contributed by atoms with van der Waals surface area (Å²) in [6.07, 6.45) is 3.15. The van der Waals surface area contributed by atoms with Gasteiger partial charge in [-0.1, -0.05) is 13.8 Å². The SMILES string of the molecule is CC1CC1C1C(C)C2CC21. The third-order valence-corrected chi connectivity index (χ3v) is 4.33. The maximum atomic E-state index is 2.48. The molecule has 3 rings (SSSR count). The minimum Gasteiger partial charge on any atom is -0.0622 e. The smallest absolute Gasteiger partial charge is 0.0323 e. The maximum Gasteiger partial charge on any atom is -0.0323 e. The van der Waals surface area contributed by atoms with E-state index in [-0.39, 0.29) is 0 Å². The zero-order valence-electron chi connectivity index (χ0n) is 6.88. The molecule has 0 aromatic heterocycles. The van der Waals surface area contributed by atoms with Crippen molar-refractivity contribution in [1.29, 1.82) is 0 Å². The van der Waals surface area contributed by atoms with E-state index in [1.807, 2.05) is 0 Å². The van der Waals surface area contributed by atoms with Crippen LogP contribution in [0.25, 0.3) is 0 Å². The predicted octanol–water partition coefficient (Wildman–Crippen LogP) is 2.54. The highest BCUT2D eigenvalue weighted by Crippen LogP contribution is 2.70. The van der Waals surface area contributed by atoms with Crippen LogP contribution >= 0.6 is 0 Å². The van der Waals surface area contributed by atoms with Crippen LogP contribution in [0, 0.1) is 35.5 Å². The van der Waals surface area contributed by atoms with Gasteiger partial charge in [-0.3, -0.25) is 0 Å². The molecule has 0 aliphatic heterocycles. The van der Waals surface area contributed by atoms with Gasteiger partial charge in [-0.05, 0) is 48.3 Å². The lowest BCUT2D eigenvalue weighted by molar-refractivity contribution is 0.141. The Labute approximate surface area is 63.0 Å². The minimum absolute atomic E-state index is 1.09. The summed E-state index contributed by atoms with van der Waals surface area (Å²) >= 11 is 0. The number of rotatable bonds is 1. The van der Waals surface area contributed by atoms with E-state index in [4.69, 9.17) is 0 Å². The summed E-state index contributed by atoms with van der Waals surface area (Å²) < 4.78 is 0. The normalized spacial score (nSPS) is 70.2. The van der Waals surface area contributed by atoms with E-state index in [0.29, 0.717) is 0 Å². The molecule has 0 aromatic rings. The third kappa shape index (κ3) is 0.500. The summed E-state index contributed by atoms with van der Waals surface area (Å²) in [5.74, 6) is 6.95. The van der Waals surface area contributed by atoms with Crippen LogP contribution in [0.1, 0.15) is 26.7 Å². The van der Waals surface area contributed by atoms with Crippen LogP contribution in [0.4, 0.5) is 0 Å². The van der Waals surface area contributed by atoms with Crippen molar-refractivity contribution in [3.05, 3.63) is 0 Å². The van der Waals surface area contributed by atoms with Gasteiger partial charge in [-0.25, -0.2) is 0 Å². The Morgan fingerprint density at radius 1 is 0.900 bits per heavy atom. The molecule has 0 nitrogen and oxygen atoms in total. The topological polar surface area (TPSA) is 0 Å². The quantitative estimate of drug-likeness (QED) is 0.519. The fourth-order valence-electron chi connectivity index (χ4n) is 3.41. The van der Waals surface area contributed by atoms with Crippen molar-refractivity contribution in [2.24, 2.45) is 35.5 Å². The number of hydrogen-bond donors (Lipinski definition) is 0. The van der Waals surface area contributed by atoms with Crippen molar-refractivity contribution in [3.63, 3.8) is 0 Å². The van der Waals surface area contributed by atoms with Crippen LogP contribution in [-0.2, 0) is 0 Å². The highest BCUT2D eigenvalue weighted by Gasteiger charge is 2.64. The van der Waals surface area contributed by atoms with Crippen LogP contribution in [-0.4, -0.2) is 0 Å². The molecule has 0 heterocycles. The number of hydrogen-bond acceptors (Lipinski definition) is 0. The highest BCUT2D eigenvalue weighted by atomic mass is 14.7. The van der Waals surface area contributed by atoms with Crippen molar-refractivity contribution in [1.82, 2.24) is 0 Å². The monoisotopic (exact) mass is 136 g/mol. The van der Waals surface area contributed by atoms with E-state index in [9.17, 15) is 0 Å². The average Bonchev–Trinajstić information content (AvgIpc) is 2.74. The summed E-state index contributed by atoms with van der Waals surface area (Å²) in [4.78, 5) is 0. The Morgan fingerprint density at radius 2 is 1.60 bits per heavy atom. The van der Waals surface area contributed by atoms with Crippen molar-refractivity contribution in [2.75, 3.05) is 0 Å². The van der Waals surface area contributed by atoms with E-state index >= 15 is 0 Å². The Kier molecular flexibility index (Phi) is 0.810. The van der Waals surface area contributed by atoms with Crippen LogP contribution in [0.5, 0.6) is 0 Å². The molecule has 0 amide bonds. The van der Waals surface area contributed by atoms with Crippen LogP contribution < -0.4 is 0 Å². The van der Waals surface area contributed by atoms with E-state index in [1.165, 1.54) is 23.7 Å². The summed E-state index contributed by atoms with van der Waals surface area (Å²) in [6.45, 7) is 4.90. The molecule has 56 valence electrons. The van der Waals surface area contributed by atoms with Gasteiger partial charge in [0.2, 0.25) is 0 Å². The molecule has 0 heteroatoms. The van der Waals surface area contributed by atoms with Gasteiger partial charge in [0.1, 0.15) is 0 Å². The zero-order valence-corrected chi connectivity index (χ0v) is 6.88. The first-order valence-corrected chi connectivity index (χ1v) is 4.79. The van der Waals surface area contributed by atoms with Gasteiger partial charge in [0.25, 0.3) is 0 Å². The molecule has 0 bridgehead atoms. The first-order valence-electron chi connectivity index (χ1n) is 4.79. The van der Waals surface area contributed by atoms with Gasteiger partial charge in [0, 0.05) is 0 Å². The molecular formula is C10H16. The Balaban J connectivity index is 1.72. The van der Waals surface area contributed by atoms with Crippen molar-refractivity contribution in [2.45, 2.75) is 26.7 Å². The molecule has 6 unspecified atom stereocenters. The molecular weight excluding hydrogens is 120 g/mol. The van der Waals surface area contributed by atoms with Gasteiger partial charge < -0.3 is 0 Å². The lowest BCUT2D eigenvalue weighted by Gasteiger charge is -2.33. The molecule has 0 radical (unpaired) electrons. The Bertz CT molecular complexity index is 173. The molecule has 3 fully saturated rings. The van der Waals surface area contributed by atoms with E-state index in [2.05, 4.69) is 13.8 Å². The summed E-state index contributed by atoms with van der Waals surface area (Å²) in [5.41, 5.74) is 0. The standard InChI is InChI=1S/C10H16/c1-5-3-7(5)10-6(2)8-4-9(8)10/h5-10H,3-4H2,1-2H3. The Morgan fingerprint density at radius 3 is 2.00 bits per heavy atom. The van der Waals surface area contributed by atoms with Gasteiger partial charge >= 0.3 is 0 Å². The molecule has 0 N–H and O–H groups in total. The first kappa shape index (κ1) is 5.62. The van der Waals surface area contributed by atoms with Gasteiger partial charge in [0.15, 0.2) is 0 Å². The molecule has 0 saturated heterocycles. The van der Waals surface area contributed by atoms with Crippen molar-refractivity contribution < 1.29 is 0 Å². The summed E-state index contributed by atoms with van der Waals surface area (Å²) in [6, 6.07) is 0. The van der Waals surface area contributed by atoms with Crippen molar-refractivity contribution in [3.8, 4) is 0 Å². The second kappa shape index (κ2) is 1.44. The largest absolute Gasteiger partial charge is 0.0622 e. The van der Waals surface area contributed by atoms with Gasteiger partial charge in [-0.2, -0.15) is 0 Å².